The molecule has 0 aliphatic heterocycles. The van der Waals surface area contributed by atoms with Crippen molar-refractivity contribution in [3.05, 3.63) is 63.1 Å². The molecule has 0 unspecified atom stereocenters. The summed E-state index contributed by atoms with van der Waals surface area (Å²) < 4.78 is 25.4. The molecular weight excluding hydrogens is 407 g/mol. The molecule has 0 aromatic heterocycles. The van der Waals surface area contributed by atoms with Gasteiger partial charge in [0.25, 0.3) is 0 Å². The number of sulfonamides is 1. The maximum atomic E-state index is 12.5. The zero-order valence-electron chi connectivity index (χ0n) is 15.6. The van der Waals surface area contributed by atoms with Gasteiger partial charge in [0.15, 0.2) is 0 Å². The second-order valence-corrected chi connectivity index (χ2v) is 9.25. The van der Waals surface area contributed by atoms with Gasteiger partial charge in [-0.1, -0.05) is 41.4 Å². The van der Waals surface area contributed by atoms with Crippen LogP contribution in [0.1, 0.15) is 29.7 Å². The van der Waals surface area contributed by atoms with E-state index in [-0.39, 0.29) is 23.3 Å². The van der Waals surface area contributed by atoms with Crippen molar-refractivity contribution in [2.75, 3.05) is 17.1 Å². The number of anilines is 1. The Hall–Kier alpha value is -1.76. The molecule has 27 heavy (non-hydrogen) atoms. The average molecular weight is 429 g/mol. The highest BCUT2D eigenvalue weighted by Gasteiger charge is 2.24. The van der Waals surface area contributed by atoms with E-state index in [0.717, 1.165) is 27.3 Å². The van der Waals surface area contributed by atoms with Gasteiger partial charge in [-0.3, -0.25) is 9.10 Å². The summed E-state index contributed by atoms with van der Waals surface area (Å²) in [7, 11) is -3.72. The van der Waals surface area contributed by atoms with Gasteiger partial charge in [0.1, 0.15) is 6.54 Å². The molecule has 0 fully saturated rings. The second-order valence-electron chi connectivity index (χ2n) is 6.50. The predicted octanol–water partition coefficient (Wildman–Crippen LogP) is 4.25. The molecule has 1 N–H and O–H groups in total. The molecule has 0 spiro atoms. The fraction of sp³-hybridized carbons (Fsp3) is 0.316. The first-order chi connectivity index (χ1) is 12.5. The minimum absolute atomic E-state index is 0.155. The third kappa shape index (κ3) is 5.61. The van der Waals surface area contributed by atoms with Crippen LogP contribution in [0.3, 0.4) is 0 Å². The third-order valence-corrected chi connectivity index (χ3v) is 5.94. The van der Waals surface area contributed by atoms with Crippen molar-refractivity contribution in [1.29, 1.82) is 0 Å². The maximum Gasteiger partial charge on any atom is 0.241 e. The number of nitrogens with zero attached hydrogens (tertiary/aromatic N) is 1. The average Bonchev–Trinajstić information content (AvgIpc) is 2.54. The van der Waals surface area contributed by atoms with E-state index in [0.29, 0.717) is 5.02 Å². The minimum atomic E-state index is -3.72. The summed E-state index contributed by atoms with van der Waals surface area (Å²) in [5, 5.41) is 3.37. The number of benzene rings is 2. The molecule has 8 heteroatoms. The zero-order chi connectivity index (χ0) is 20.4. The van der Waals surface area contributed by atoms with Crippen LogP contribution >= 0.6 is 23.2 Å². The lowest BCUT2D eigenvalue weighted by Gasteiger charge is -2.24. The molecule has 2 rings (SSSR count). The number of hydrogen-bond donors (Lipinski definition) is 1. The highest BCUT2D eigenvalue weighted by molar-refractivity contribution is 7.92. The lowest BCUT2D eigenvalue weighted by molar-refractivity contribution is -0.120. The maximum absolute atomic E-state index is 12.5. The highest BCUT2D eigenvalue weighted by Crippen LogP contribution is 2.30. The quantitative estimate of drug-likeness (QED) is 0.747. The van der Waals surface area contributed by atoms with Crippen LogP contribution < -0.4 is 9.62 Å². The van der Waals surface area contributed by atoms with Crippen LogP contribution in [0.25, 0.3) is 0 Å². The molecule has 0 saturated carbocycles. The van der Waals surface area contributed by atoms with Gasteiger partial charge >= 0.3 is 0 Å². The van der Waals surface area contributed by atoms with Gasteiger partial charge in [-0.15, -0.1) is 0 Å². The Morgan fingerprint density at radius 3 is 2.33 bits per heavy atom. The molecule has 0 heterocycles. The van der Waals surface area contributed by atoms with Gasteiger partial charge in [-0.2, -0.15) is 0 Å². The van der Waals surface area contributed by atoms with Crippen LogP contribution in [-0.4, -0.2) is 27.1 Å². The highest BCUT2D eigenvalue weighted by atomic mass is 35.5. The zero-order valence-corrected chi connectivity index (χ0v) is 17.9. The number of hydrogen-bond acceptors (Lipinski definition) is 3. The van der Waals surface area contributed by atoms with Crippen molar-refractivity contribution in [1.82, 2.24) is 5.32 Å². The molecule has 2 aromatic rings. The molecule has 1 amide bonds. The smallest absolute Gasteiger partial charge is 0.241 e. The van der Waals surface area contributed by atoms with Crippen LogP contribution in [0.2, 0.25) is 10.0 Å². The van der Waals surface area contributed by atoms with Crippen LogP contribution in [0.15, 0.2) is 36.4 Å². The summed E-state index contributed by atoms with van der Waals surface area (Å²) in [6, 6.07) is 10.1. The first-order valence-electron chi connectivity index (χ1n) is 8.28. The molecule has 146 valence electrons. The van der Waals surface area contributed by atoms with E-state index in [4.69, 9.17) is 23.2 Å². The molecule has 2 aromatic carbocycles. The van der Waals surface area contributed by atoms with Crippen LogP contribution in [0, 0.1) is 13.8 Å². The number of nitrogens with one attached hydrogen (secondary N) is 1. The molecule has 0 aliphatic rings. The summed E-state index contributed by atoms with van der Waals surface area (Å²) >= 11 is 12.0. The van der Waals surface area contributed by atoms with Crippen molar-refractivity contribution in [3.63, 3.8) is 0 Å². The minimum Gasteiger partial charge on any atom is -0.348 e. The van der Waals surface area contributed by atoms with E-state index in [1.165, 1.54) is 18.2 Å². The number of rotatable bonds is 6. The molecule has 0 radical (unpaired) electrons. The Morgan fingerprint density at radius 1 is 1.11 bits per heavy atom. The SMILES string of the molecule is Cc1ccc([C@@H](C)NC(=O)CN(c2ccc(Cl)cc2Cl)S(C)(=O)=O)cc1C. The monoisotopic (exact) mass is 428 g/mol. The molecule has 0 saturated heterocycles. The number of aryl methyl sites for hydroxylation is 2. The fourth-order valence-electron chi connectivity index (χ4n) is 2.60. The Morgan fingerprint density at radius 2 is 1.78 bits per heavy atom. The number of carbonyl (C=O) groups excluding carboxylic acids is 1. The van der Waals surface area contributed by atoms with Gasteiger partial charge in [0, 0.05) is 5.02 Å². The van der Waals surface area contributed by atoms with E-state index in [9.17, 15) is 13.2 Å². The Balaban J connectivity index is 2.20. The molecule has 0 bridgehead atoms. The van der Waals surface area contributed by atoms with E-state index in [1.807, 2.05) is 39.0 Å². The van der Waals surface area contributed by atoms with Crippen molar-refractivity contribution in [2.45, 2.75) is 26.8 Å². The normalized spacial score (nSPS) is 12.5. The Kier molecular flexibility index (Phi) is 6.78. The number of carbonyl (C=O) groups is 1. The first kappa shape index (κ1) is 21.5. The molecule has 5 nitrogen and oxygen atoms in total. The van der Waals surface area contributed by atoms with Crippen LogP contribution in [-0.2, 0) is 14.8 Å². The summed E-state index contributed by atoms with van der Waals surface area (Å²) in [5.74, 6) is -0.433. The summed E-state index contributed by atoms with van der Waals surface area (Å²) in [6.07, 6.45) is 1.03. The summed E-state index contributed by atoms with van der Waals surface area (Å²) in [4.78, 5) is 12.5. The predicted molar refractivity (Wildman–Crippen MR) is 111 cm³/mol. The number of halogens is 2. The van der Waals surface area contributed by atoms with Crippen LogP contribution in [0.4, 0.5) is 5.69 Å². The van der Waals surface area contributed by atoms with Gasteiger partial charge in [0.05, 0.1) is 23.0 Å². The standard InChI is InChI=1S/C19H22Cl2N2O3S/c1-12-5-6-15(9-13(12)2)14(3)22-19(24)11-23(27(4,25)26)18-8-7-16(20)10-17(18)21/h5-10,14H,11H2,1-4H3,(H,22,24)/t14-/m1/s1. The van der Waals surface area contributed by atoms with E-state index >= 15 is 0 Å². The van der Waals surface area contributed by atoms with Crippen molar-refractivity contribution in [2.24, 2.45) is 0 Å². The second kappa shape index (κ2) is 8.50. The van der Waals surface area contributed by atoms with Crippen molar-refractivity contribution >= 4 is 44.8 Å². The largest absolute Gasteiger partial charge is 0.348 e. The van der Waals surface area contributed by atoms with Gasteiger partial charge in [-0.05, 0) is 55.7 Å². The molecule has 1 atom stereocenters. The van der Waals surface area contributed by atoms with Crippen molar-refractivity contribution in [3.8, 4) is 0 Å². The first-order valence-corrected chi connectivity index (χ1v) is 10.9. The fourth-order valence-corrected chi connectivity index (χ4v) is 4.03. The molecule has 0 aliphatic carbocycles. The van der Waals surface area contributed by atoms with Gasteiger partial charge in [-0.25, -0.2) is 8.42 Å². The topological polar surface area (TPSA) is 66.5 Å². The summed E-state index contributed by atoms with van der Waals surface area (Å²) in [5.41, 5.74) is 3.44. The van der Waals surface area contributed by atoms with E-state index in [2.05, 4.69) is 5.32 Å². The van der Waals surface area contributed by atoms with Gasteiger partial charge in [0.2, 0.25) is 15.9 Å². The number of amides is 1. The lowest BCUT2D eigenvalue weighted by Crippen LogP contribution is -2.41. The van der Waals surface area contributed by atoms with Crippen molar-refractivity contribution < 1.29 is 13.2 Å². The summed E-state index contributed by atoms with van der Waals surface area (Å²) in [6.45, 7) is 5.49. The van der Waals surface area contributed by atoms with E-state index in [1.54, 1.807) is 0 Å². The Bertz CT molecular complexity index is 961. The van der Waals surface area contributed by atoms with E-state index < -0.39 is 15.9 Å². The molecular formula is C19H22Cl2N2O3S. The van der Waals surface area contributed by atoms with Crippen LogP contribution in [0.5, 0.6) is 0 Å². The Labute approximate surface area is 170 Å². The lowest BCUT2D eigenvalue weighted by atomic mass is 10.0. The van der Waals surface area contributed by atoms with Gasteiger partial charge < -0.3 is 5.32 Å². The third-order valence-electron chi connectivity index (χ3n) is 4.27.